The minimum Gasteiger partial charge on any atom is -0.352 e. The van der Waals surface area contributed by atoms with Gasteiger partial charge in [-0.25, -0.2) is 0 Å². The number of carbonyl (C=O) groups is 1. The molecule has 0 atom stereocenters. The second kappa shape index (κ2) is 6.91. The van der Waals surface area contributed by atoms with E-state index < -0.39 is 0 Å². The van der Waals surface area contributed by atoms with E-state index in [-0.39, 0.29) is 5.91 Å². The van der Waals surface area contributed by atoms with E-state index in [0.717, 1.165) is 27.0 Å². The first-order chi connectivity index (χ1) is 9.56. The molecule has 1 N–H and O–H groups in total. The second-order valence-corrected chi connectivity index (χ2v) is 5.91. The molecule has 2 aromatic rings. The minimum absolute atomic E-state index is 0.0670. The molecular formula is C16H15BrClNO. The van der Waals surface area contributed by atoms with E-state index in [2.05, 4.69) is 21.2 Å². The summed E-state index contributed by atoms with van der Waals surface area (Å²) in [4.78, 5) is 12.1. The van der Waals surface area contributed by atoms with E-state index in [4.69, 9.17) is 11.6 Å². The van der Waals surface area contributed by atoms with Crippen LogP contribution >= 0.6 is 27.5 Å². The Kier molecular flexibility index (Phi) is 5.21. The fourth-order valence-corrected chi connectivity index (χ4v) is 2.56. The summed E-state index contributed by atoms with van der Waals surface area (Å²) in [5.74, 6) is -0.0670. The second-order valence-electron chi connectivity index (χ2n) is 4.62. The van der Waals surface area contributed by atoms with Crippen LogP contribution in [-0.4, -0.2) is 12.5 Å². The predicted octanol–water partition coefficient (Wildman–Crippen LogP) is 4.38. The molecule has 2 nitrogen and oxygen atoms in total. The first-order valence-corrected chi connectivity index (χ1v) is 7.52. The number of halogens is 2. The van der Waals surface area contributed by atoms with Crippen molar-refractivity contribution < 1.29 is 4.79 Å². The fourth-order valence-electron chi connectivity index (χ4n) is 1.92. The molecule has 0 aliphatic heterocycles. The maximum atomic E-state index is 12.1. The summed E-state index contributed by atoms with van der Waals surface area (Å²) in [7, 11) is 0. The first-order valence-electron chi connectivity index (χ1n) is 6.35. The normalized spacial score (nSPS) is 10.3. The number of nitrogens with one attached hydrogen (secondary N) is 1. The molecular weight excluding hydrogens is 338 g/mol. The van der Waals surface area contributed by atoms with E-state index in [9.17, 15) is 4.79 Å². The molecule has 2 aromatic carbocycles. The highest BCUT2D eigenvalue weighted by atomic mass is 79.9. The average Bonchev–Trinajstić information content (AvgIpc) is 2.41. The zero-order valence-corrected chi connectivity index (χ0v) is 13.5. The van der Waals surface area contributed by atoms with Gasteiger partial charge in [0.05, 0.1) is 5.56 Å². The Labute approximate surface area is 132 Å². The Balaban J connectivity index is 1.94. The molecule has 0 radical (unpaired) electrons. The number of benzene rings is 2. The molecule has 0 fully saturated rings. The third-order valence-electron chi connectivity index (χ3n) is 2.95. The molecule has 0 unspecified atom stereocenters. The Hall–Kier alpha value is -1.32. The van der Waals surface area contributed by atoms with E-state index in [1.54, 1.807) is 0 Å². The maximum Gasteiger partial charge on any atom is 0.252 e. The lowest BCUT2D eigenvalue weighted by atomic mass is 10.1. The number of aryl methyl sites for hydroxylation is 1. The Morgan fingerprint density at radius 3 is 2.80 bits per heavy atom. The lowest BCUT2D eigenvalue weighted by molar-refractivity contribution is 0.0953. The molecule has 0 aliphatic rings. The van der Waals surface area contributed by atoms with Crippen LogP contribution < -0.4 is 5.32 Å². The summed E-state index contributed by atoms with van der Waals surface area (Å²) in [6.07, 6.45) is 0.760. The van der Waals surface area contributed by atoms with Crippen molar-refractivity contribution in [3.63, 3.8) is 0 Å². The summed E-state index contributed by atoms with van der Waals surface area (Å²) in [6.45, 7) is 2.55. The summed E-state index contributed by atoms with van der Waals surface area (Å²) in [6, 6.07) is 13.4. The molecule has 0 aromatic heterocycles. The van der Waals surface area contributed by atoms with Gasteiger partial charge in [0, 0.05) is 16.0 Å². The SMILES string of the molecule is Cc1ccc(Br)c(C(=O)NCCc2cccc(Cl)c2)c1. The van der Waals surface area contributed by atoms with Gasteiger partial charge >= 0.3 is 0 Å². The van der Waals surface area contributed by atoms with Crippen LogP contribution in [0.4, 0.5) is 0 Å². The highest BCUT2D eigenvalue weighted by Crippen LogP contribution is 2.18. The lowest BCUT2D eigenvalue weighted by Gasteiger charge is -2.08. The van der Waals surface area contributed by atoms with Crippen LogP contribution in [-0.2, 0) is 6.42 Å². The van der Waals surface area contributed by atoms with Crippen LogP contribution in [0, 0.1) is 6.92 Å². The van der Waals surface area contributed by atoms with Gasteiger partial charge in [0.1, 0.15) is 0 Å². The number of amides is 1. The number of carbonyl (C=O) groups excluding carboxylic acids is 1. The van der Waals surface area contributed by atoms with Crippen molar-refractivity contribution in [1.82, 2.24) is 5.32 Å². The van der Waals surface area contributed by atoms with Crippen LogP contribution in [0.1, 0.15) is 21.5 Å². The third-order valence-corrected chi connectivity index (χ3v) is 3.88. The highest BCUT2D eigenvalue weighted by Gasteiger charge is 2.09. The molecule has 2 rings (SSSR count). The van der Waals surface area contributed by atoms with Gasteiger partial charge in [0.25, 0.3) is 5.91 Å². The van der Waals surface area contributed by atoms with Crippen molar-refractivity contribution in [3.8, 4) is 0 Å². The van der Waals surface area contributed by atoms with E-state index in [1.165, 1.54) is 0 Å². The topological polar surface area (TPSA) is 29.1 Å². The Morgan fingerprint density at radius 1 is 1.25 bits per heavy atom. The van der Waals surface area contributed by atoms with Crippen molar-refractivity contribution in [2.75, 3.05) is 6.54 Å². The van der Waals surface area contributed by atoms with Crippen molar-refractivity contribution in [2.45, 2.75) is 13.3 Å². The van der Waals surface area contributed by atoms with Crippen molar-refractivity contribution in [3.05, 3.63) is 68.7 Å². The van der Waals surface area contributed by atoms with Gasteiger partial charge in [0.2, 0.25) is 0 Å². The molecule has 4 heteroatoms. The van der Waals surface area contributed by atoms with Gasteiger partial charge in [-0.3, -0.25) is 4.79 Å². The van der Waals surface area contributed by atoms with Gasteiger partial charge in [-0.15, -0.1) is 0 Å². The van der Waals surface area contributed by atoms with E-state index >= 15 is 0 Å². The standard InChI is InChI=1S/C16H15BrClNO/c1-11-5-6-15(17)14(9-11)16(20)19-8-7-12-3-2-4-13(18)10-12/h2-6,9-10H,7-8H2,1H3,(H,19,20). The summed E-state index contributed by atoms with van der Waals surface area (Å²) >= 11 is 9.33. The van der Waals surface area contributed by atoms with Crippen LogP contribution in [0.2, 0.25) is 5.02 Å². The molecule has 0 heterocycles. The summed E-state index contributed by atoms with van der Waals surface area (Å²) < 4.78 is 0.809. The van der Waals surface area contributed by atoms with E-state index in [0.29, 0.717) is 12.1 Å². The fraction of sp³-hybridized carbons (Fsp3) is 0.188. The molecule has 0 saturated heterocycles. The number of rotatable bonds is 4. The summed E-state index contributed by atoms with van der Waals surface area (Å²) in [5, 5.41) is 3.64. The largest absolute Gasteiger partial charge is 0.352 e. The summed E-state index contributed by atoms with van der Waals surface area (Å²) in [5.41, 5.74) is 2.84. The smallest absolute Gasteiger partial charge is 0.252 e. The zero-order chi connectivity index (χ0) is 14.5. The van der Waals surface area contributed by atoms with Gasteiger partial charge < -0.3 is 5.32 Å². The van der Waals surface area contributed by atoms with Crippen LogP contribution in [0.5, 0.6) is 0 Å². The molecule has 104 valence electrons. The van der Waals surface area contributed by atoms with E-state index in [1.807, 2.05) is 49.4 Å². The van der Waals surface area contributed by atoms with Gasteiger partial charge in [0.15, 0.2) is 0 Å². The molecule has 0 saturated carbocycles. The minimum atomic E-state index is -0.0670. The third kappa shape index (κ3) is 4.09. The Morgan fingerprint density at radius 2 is 2.05 bits per heavy atom. The maximum absolute atomic E-state index is 12.1. The van der Waals surface area contributed by atoms with Crippen LogP contribution in [0.25, 0.3) is 0 Å². The molecule has 1 amide bonds. The van der Waals surface area contributed by atoms with Crippen LogP contribution in [0.15, 0.2) is 46.9 Å². The van der Waals surface area contributed by atoms with Gasteiger partial charge in [-0.1, -0.05) is 35.4 Å². The monoisotopic (exact) mass is 351 g/mol. The molecule has 0 spiro atoms. The molecule has 20 heavy (non-hydrogen) atoms. The molecule has 0 bridgehead atoms. The van der Waals surface area contributed by atoms with Gasteiger partial charge in [-0.05, 0) is 59.1 Å². The quantitative estimate of drug-likeness (QED) is 0.869. The Bertz CT molecular complexity index is 628. The van der Waals surface area contributed by atoms with Gasteiger partial charge in [-0.2, -0.15) is 0 Å². The van der Waals surface area contributed by atoms with Crippen molar-refractivity contribution in [2.24, 2.45) is 0 Å². The number of hydrogen-bond acceptors (Lipinski definition) is 1. The lowest BCUT2D eigenvalue weighted by Crippen LogP contribution is -2.26. The van der Waals surface area contributed by atoms with Crippen LogP contribution in [0.3, 0.4) is 0 Å². The molecule has 0 aliphatic carbocycles. The van der Waals surface area contributed by atoms with Crippen molar-refractivity contribution in [1.29, 1.82) is 0 Å². The highest BCUT2D eigenvalue weighted by molar-refractivity contribution is 9.10. The first kappa shape index (κ1) is 15.1. The zero-order valence-electron chi connectivity index (χ0n) is 11.1. The van der Waals surface area contributed by atoms with Crippen molar-refractivity contribution >= 4 is 33.4 Å². The average molecular weight is 353 g/mol. The number of hydrogen-bond donors (Lipinski definition) is 1. The predicted molar refractivity (Wildman–Crippen MR) is 86.4 cm³/mol.